The molecule has 0 saturated carbocycles. The van der Waals surface area contributed by atoms with Gasteiger partial charge in [0.1, 0.15) is 36.9 Å². The molecule has 4 rings (SSSR count). The average molecular weight is 286 g/mol. The summed E-state index contributed by atoms with van der Waals surface area (Å²) in [6.45, 7) is 11.3. The zero-order valence-corrected chi connectivity index (χ0v) is 13.6. The van der Waals surface area contributed by atoms with Crippen molar-refractivity contribution < 1.29 is 9.13 Å². The van der Waals surface area contributed by atoms with Gasteiger partial charge in [-0.05, 0) is 27.7 Å². The highest BCUT2D eigenvalue weighted by molar-refractivity contribution is 5.15. The van der Waals surface area contributed by atoms with Crippen molar-refractivity contribution >= 4 is 0 Å². The van der Waals surface area contributed by atoms with Gasteiger partial charge in [-0.25, -0.2) is 18.3 Å². The van der Waals surface area contributed by atoms with Crippen LogP contribution in [0.15, 0.2) is 25.0 Å². The monoisotopic (exact) mass is 286 g/mol. The summed E-state index contributed by atoms with van der Waals surface area (Å²) < 4.78 is 9.63. The van der Waals surface area contributed by atoms with Gasteiger partial charge >= 0.3 is 0 Å². The van der Waals surface area contributed by atoms with E-state index < -0.39 is 0 Å². The van der Waals surface area contributed by atoms with Gasteiger partial charge in [-0.15, -0.1) is 0 Å². The molecule has 2 aromatic rings. The van der Waals surface area contributed by atoms with Crippen LogP contribution in [0.5, 0.6) is 0 Å². The van der Waals surface area contributed by atoms with Crippen molar-refractivity contribution in [1.29, 1.82) is 0 Å². The highest BCUT2D eigenvalue weighted by Gasteiger charge is 2.49. The lowest BCUT2D eigenvalue weighted by atomic mass is 9.84. The predicted molar refractivity (Wildman–Crippen MR) is 79.9 cm³/mol. The lowest BCUT2D eigenvalue weighted by Gasteiger charge is -2.16. The second-order valence-corrected chi connectivity index (χ2v) is 7.66. The van der Waals surface area contributed by atoms with E-state index in [0.29, 0.717) is 17.5 Å². The Balaban J connectivity index is 1.56. The largest absolute Gasteiger partial charge is 0.244 e. The van der Waals surface area contributed by atoms with Gasteiger partial charge in [0.2, 0.25) is 12.7 Å². The first-order chi connectivity index (χ1) is 9.96. The summed E-state index contributed by atoms with van der Waals surface area (Å²) in [4.78, 5) is 0. The van der Waals surface area contributed by atoms with Crippen molar-refractivity contribution in [1.82, 2.24) is 9.13 Å². The minimum Gasteiger partial charge on any atom is -0.234 e. The molecule has 4 heterocycles. The fourth-order valence-corrected chi connectivity index (χ4v) is 4.00. The molecule has 0 aromatic carbocycles. The van der Waals surface area contributed by atoms with Crippen LogP contribution in [0.3, 0.4) is 0 Å². The quantitative estimate of drug-likeness (QED) is 0.750. The Kier molecular flexibility index (Phi) is 2.63. The molecular weight excluding hydrogens is 260 g/mol. The van der Waals surface area contributed by atoms with Gasteiger partial charge in [0.25, 0.3) is 0 Å². The Morgan fingerprint density at radius 3 is 1.62 bits per heavy atom. The van der Waals surface area contributed by atoms with E-state index in [2.05, 4.69) is 71.0 Å². The standard InChI is InChI=1S/C17H26N4/c1-13(2)18-7-15-5-17(9-20(15)11-18)6-16-8-19(14(3)4)12-21(16)10-17/h7-8,11-14H,5-6,9-10H2,1-4H3/q+2. The smallest absolute Gasteiger partial charge is 0.234 e. The van der Waals surface area contributed by atoms with Gasteiger partial charge in [0.05, 0.1) is 17.5 Å². The summed E-state index contributed by atoms with van der Waals surface area (Å²) in [7, 11) is 0. The number of rotatable bonds is 2. The fourth-order valence-electron chi connectivity index (χ4n) is 4.00. The topological polar surface area (TPSA) is 17.6 Å². The number of imidazole rings is 2. The van der Waals surface area contributed by atoms with Crippen molar-refractivity contribution in [2.24, 2.45) is 5.41 Å². The molecule has 4 heteroatoms. The lowest BCUT2D eigenvalue weighted by molar-refractivity contribution is -0.716. The number of aromatic nitrogens is 4. The van der Waals surface area contributed by atoms with E-state index >= 15 is 0 Å². The first-order valence-corrected chi connectivity index (χ1v) is 8.15. The summed E-state index contributed by atoms with van der Waals surface area (Å²) in [5.74, 6) is 0. The van der Waals surface area contributed by atoms with Crippen LogP contribution in [0.1, 0.15) is 51.2 Å². The average Bonchev–Trinajstić information content (AvgIpc) is 3.06. The third-order valence-corrected chi connectivity index (χ3v) is 5.20. The third-order valence-electron chi connectivity index (χ3n) is 5.20. The molecule has 0 fully saturated rings. The van der Waals surface area contributed by atoms with E-state index in [0.717, 1.165) is 0 Å². The molecular formula is C17H26N4+2. The summed E-state index contributed by atoms with van der Waals surface area (Å²) in [6, 6.07) is 1.11. The summed E-state index contributed by atoms with van der Waals surface area (Å²) in [5, 5.41) is 0. The van der Waals surface area contributed by atoms with Crippen LogP contribution in [0, 0.1) is 5.41 Å². The zero-order chi connectivity index (χ0) is 14.8. The number of nitrogens with zero attached hydrogens (tertiary/aromatic N) is 4. The first kappa shape index (κ1) is 13.1. The van der Waals surface area contributed by atoms with Crippen LogP contribution in [0.25, 0.3) is 0 Å². The summed E-state index contributed by atoms with van der Waals surface area (Å²) in [6.07, 6.45) is 11.7. The maximum atomic E-state index is 2.48. The van der Waals surface area contributed by atoms with Gasteiger partial charge in [0, 0.05) is 12.8 Å². The molecule has 0 amide bonds. The molecule has 0 N–H and O–H groups in total. The molecule has 2 aliphatic heterocycles. The molecule has 4 nitrogen and oxygen atoms in total. The van der Waals surface area contributed by atoms with Crippen LogP contribution < -0.4 is 9.13 Å². The van der Waals surface area contributed by atoms with E-state index in [1.807, 2.05) is 0 Å². The van der Waals surface area contributed by atoms with E-state index in [-0.39, 0.29) is 0 Å². The van der Waals surface area contributed by atoms with Crippen molar-refractivity contribution in [2.45, 2.75) is 65.7 Å². The van der Waals surface area contributed by atoms with E-state index in [4.69, 9.17) is 0 Å². The van der Waals surface area contributed by atoms with Crippen LogP contribution in [0.4, 0.5) is 0 Å². The Morgan fingerprint density at radius 1 is 0.857 bits per heavy atom. The van der Waals surface area contributed by atoms with Crippen LogP contribution in [0.2, 0.25) is 0 Å². The minimum atomic E-state index is 0.427. The lowest BCUT2D eigenvalue weighted by Crippen LogP contribution is -2.36. The number of fused-ring (bicyclic) bond motifs is 2. The number of hydrogen-bond donors (Lipinski definition) is 0. The van der Waals surface area contributed by atoms with Crippen LogP contribution in [-0.2, 0) is 25.9 Å². The Hall–Kier alpha value is -1.58. The molecule has 21 heavy (non-hydrogen) atoms. The third kappa shape index (κ3) is 1.95. The zero-order valence-electron chi connectivity index (χ0n) is 13.6. The Morgan fingerprint density at radius 2 is 1.29 bits per heavy atom. The molecule has 1 spiro atoms. The SMILES string of the molecule is CC(C)[n+]1cc2n(c1)CC1(C2)Cc2c[n+](C(C)C)cn2C1. The second-order valence-electron chi connectivity index (χ2n) is 7.66. The van der Waals surface area contributed by atoms with Gasteiger partial charge in [0.15, 0.2) is 0 Å². The fraction of sp³-hybridized carbons (Fsp3) is 0.647. The van der Waals surface area contributed by atoms with Crippen molar-refractivity contribution in [2.75, 3.05) is 0 Å². The predicted octanol–water partition coefficient (Wildman–Crippen LogP) is 1.83. The minimum absolute atomic E-state index is 0.427. The molecule has 0 aliphatic carbocycles. The van der Waals surface area contributed by atoms with E-state index in [1.165, 1.54) is 37.3 Å². The molecule has 0 atom stereocenters. The normalized spacial score (nSPS) is 19.0. The van der Waals surface area contributed by atoms with Crippen molar-refractivity contribution in [3.8, 4) is 0 Å². The molecule has 0 radical (unpaired) electrons. The molecule has 0 unspecified atom stereocenters. The van der Waals surface area contributed by atoms with E-state index in [9.17, 15) is 0 Å². The highest BCUT2D eigenvalue weighted by Crippen LogP contribution is 2.41. The maximum absolute atomic E-state index is 2.48. The summed E-state index contributed by atoms with van der Waals surface area (Å²) in [5.41, 5.74) is 3.44. The van der Waals surface area contributed by atoms with Gasteiger partial charge < -0.3 is 0 Å². The van der Waals surface area contributed by atoms with E-state index in [1.54, 1.807) is 0 Å². The van der Waals surface area contributed by atoms with Crippen molar-refractivity contribution in [3.63, 3.8) is 0 Å². The van der Waals surface area contributed by atoms with Gasteiger partial charge in [-0.3, -0.25) is 0 Å². The van der Waals surface area contributed by atoms with Gasteiger partial charge in [-0.2, -0.15) is 0 Å². The molecule has 112 valence electrons. The molecule has 0 bridgehead atoms. The van der Waals surface area contributed by atoms with Crippen LogP contribution >= 0.6 is 0 Å². The molecule has 2 aliphatic rings. The van der Waals surface area contributed by atoms with Crippen LogP contribution in [-0.4, -0.2) is 9.13 Å². The molecule has 0 saturated heterocycles. The Bertz CT molecular complexity index is 579. The Labute approximate surface area is 126 Å². The number of hydrogen-bond acceptors (Lipinski definition) is 0. The van der Waals surface area contributed by atoms with Crippen molar-refractivity contribution in [3.05, 3.63) is 36.4 Å². The summed E-state index contributed by atoms with van der Waals surface area (Å²) >= 11 is 0. The van der Waals surface area contributed by atoms with Gasteiger partial charge in [-0.1, -0.05) is 0 Å². The first-order valence-electron chi connectivity index (χ1n) is 8.15. The maximum Gasteiger partial charge on any atom is 0.244 e. The molecule has 2 aromatic heterocycles. The second kappa shape index (κ2) is 4.21. The highest BCUT2D eigenvalue weighted by atomic mass is 15.2.